The molecule has 0 unspecified atom stereocenters. The van der Waals surface area contributed by atoms with Crippen LogP contribution in [-0.4, -0.2) is 25.9 Å². The van der Waals surface area contributed by atoms with E-state index in [0.29, 0.717) is 10.7 Å². The van der Waals surface area contributed by atoms with E-state index in [4.69, 9.17) is 27.9 Å². The second-order valence-electron chi connectivity index (χ2n) is 6.01. The Labute approximate surface area is 186 Å². The molecule has 1 aromatic heterocycles. The molecule has 6 nitrogen and oxygen atoms in total. The monoisotopic (exact) mass is 488 g/mol. The quantitative estimate of drug-likeness (QED) is 0.465. The molecule has 0 aliphatic rings. The van der Waals surface area contributed by atoms with E-state index in [1.54, 1.807) is 17.5 Å². The van der Waals surface area contributed by atoms with E-state index >= 15 is 0 Å². The summed E-state index contributed by atoms with van der Waals surface area (Å²) in [5, 5.41) is 2.37. The summed E-state index contributed by atoms with van der Waals surface area (Å²) in [6.45, 7) is -0.236. The lowest BCUT2D eigenvalue weighted by molar-refractivity contribution is -0.144. The third-order valence-corrected chi connectivity index (χ3v) is 7.19. The van der Waals surface area contributed by atoms with Crippen LogP contribution in [0.1, 0.15) is 12.1 Å². The Morgan fingerprint density at radius 3 is 2.47 bits per heavy atom. The number of carbonyl (C=O) groups excluding carboxylic acids is 1. The van der Waals surface area contributed by atoms with Gasteiger partial charge in [-0.05, 0) is 36.4 Å². The molecule has 1 N–H and O–H groups in total. The molecule has 0 saturated heterocycles. The topological polar surface area (TPSA) is 85.4 Å². The molecule has 0 atom stereocenters. The van der Waals surface area contributed by atoms with Gasteiger partial charge >= 0.3 is 5.97 Å². The van der Waals surface area contributed by atoms with Crippen LogP contribution in [0.25, 0.3) is 10.6 Å². The van der Waals surface area contributed by atoms with Gasteiger partial charge in [-0.15, -0.1) is 11.3 Å². The van der Waals surface area contributed by atoms with Crippen molar-refractivity contribution in [3.8, 4) is 10.6 Å². The molecule has 0 aliphatic heterocycles. The van der Waals surface area contributed by atoms with Gasteiger partial charge in [0.25, 0.3) is 0 Å². The van der Waals surface area contributed by atoms with Crippen molar-refractivity contribution in [2.45, 2.75) is 17.9 Å². The van der Waals surface area contributed by atoms with E-state index in [9.17, 15) is 17.6 Å². The molecule has 158 valence electrons. The average molecular weight is 489 g/mol. The smallest absolute Gasteiger partial charge is 0.307 e. The van der Waals surface area contributed by atoms with Gasteiger partial charge in [-0.3, -0.25) is 4.79 Å². The number of halogens is 3. The van der Waals surface area contributed by atoms with Crippen molar-refractivity contribution in [3.05, 3.63) is 69.4 Å². The molecule has 0 amide bonds. The Bertz CT molecular complexity index is 1130. The molecule has 30 heavy (non-hydrogen) atoms. The van der Waals surface area contributed by atoms with Crippen LogP contribution in [0.5, 0.6) is 0 Å². The van der Waals surface area contributed by atoms with Crippen LogP contribution < -0.4 is 4.72 Å². The Hall–Kier alpha value is -2.04. The van der Waals surface area contributed by atoms with Crippen molar-refractivity contribution >= 4 is 50.5 Å². The summed E-state index contributed by atoms with van der Waals surface area (Å²) in [6, 6.07) is 10.2. The number of esters is 1. The van der Waals surface area contributed by atoms with Crippen LogP contribution >= 0.6 is 34.5 Å². The third kappa shape index (κ3) is 5.77. The normalized spacial score (nSPS) is 11.4. The standard InChI is InChI=1S/C19H15Cl2FN2O4S2/c20-15-2-1-3-16(21)18(15)30(26,27)23-9-8-17(25)28-10-14-11-29-19(24-14)12-4-6-13(22)7-5-12/h1-7,11,23H,8-10H2. The first kappa shape index (κ1) is 22.6. The molecule has 0 fully saturated rings. The van der Waals surface area contributed by atoms with Crippen molar-refractivity contribution in [2.24, 2.45) is 0 Å². The van der Waals surface area contributed by atoms with Crippen LogP contribution in [0.2, 0.25) is 10.0 Å². The van der Waals surface area contributed by atoms with E-state index in [1.165, 1.54) is 41.7 Å². The zero-order valence-electron chi connectivity index (χ0n) is 15.3. The van der Waals surface area contributed by atoms with Gasteiger partial charge in [0.05, 0.1) is 22.2 Å². The van der Waals surface area contributed by atoms with Crippen molar-refractivity contribution < 1.29 is 22.3 Å². The fraction of sp³-hybridized carbons (Fsp3) is 0.158. The Morgan fingerprint density at radius 2 is 1.80 bits per heavy atom. The first-order valence-electron chi connectivity index (χ1n) is 8.56. The van der Waals surface area contributed by atoms with Crippen LogP contribution in [0.4, 0.5) is 4.39 Å². The van der Waals surface area contributed by atoms with Gasteiger partial charge in [0.1, 0.15) is 22.3 Å². The zero-order valence-corrected chi connectivity index (χ0v) is 18.4. The van der Waals surface area contributed by atoms with Gasteiger partial charge in [-0.2, -0.15) is 0 Å². The number of aromatic nitrogens is 1. The second kappa shape index (κ2) is 9.84. The summed E-state index contributed by atoms with van der Waals surface area (Å²) in [5.74, 6) is -0.934. The number of hydrogen-bond acceptors (Lipinski definition) is 6. The Balaban J connectivity index is 1.49. The molecule has 3 rings (SSSR count). The molecule has 0 spiro atoms. The summed E-state index contributed by atoms with van der Waals surface area (Å²) in [7, 11) is -3.97. The van der Waals surface area contributed by atoms with Crippen LogP contribution in [0.3, 0.4) is 0 Å². The van der Waals surface area contributed by atoms with Crippen molar-refractivity contribution in [1.82, 2.24) is 9.71 Å². The highest BCUT2D eigenvalue weighted by Gasteiger charge is 2.21. The number of nitrogens with one attached hydrogen (secondary N) is 1. The lowest BCUT2D eigenvalue weighted by atomic mass is 10.2. The minimum atomic E-state index is -3.97. The average Bonchev–Trinajstić information content (AvgIpc) is 3.15. The summed E-state index contributed by atoms with van der Waals surface area (Å²) < 4.78 is 45.1. The van der Waals surface area contributed by atoms with E-state index in [-0.39, 0.29) is 40.3 Å². The molecule has 3 aromatic rings. The molecule has 1 heterocycles. The lowest BCUT2D eigenvalue weighted by Gasteiger charge is -2.09. The maximum Gasteiger partial charge on any atom is 0.307 e. The predicted molar refractivity (Wildman–Crippen MR) is 114 cm³/mol. The molecule has 0 saturated carbocycles. The first-order chi connectivity index (χ1) is 14.3. The lowest BCUT2D eigenvalue weighted by Crippen LogP contribution is -2.27. The zero-order chi connectivity index (χ0) is 21.7. The number of thiazole rings is 1. The first-order valence-corrected chi connectivity index (χ1v) is 11.7. The number of nitrogens with zero attached hydrogens (tertiary/aromatic N) is 1. The van der Waals surface area contributed by atoms with Gasteiger partial charge in [-0.25, -0.2) is 22.5 Å². The molecule has 2 aromatic carbocycles. The van der Waals surface area contributed by atoms with E-state index in [0.717, 1.165) is 5.56 Å². The number of carbonyl (C=O) groups is 1. The SMILES string of the molecule is O=C(CCNS(=O)(=O)c1c(Cl)cccc1Cl)OCc1csc(-c2ccc(F)cc2)n1. The molecule has 11 heteroatoms. The Kier molecular flexibility index (Phi) is 7.43. The minimum absolute atomic E-state index is 0.0157. The summed E-state index contributed by atoms with van der Waals surface area (Å²) in [5.41, 5.74) is 1.29. The van der Waals surface area contributed by atoms with Crippen molar-refractivity contribution in [3.63, 3.8) is 0 Å². The Morgan fingerprint density at radius 1 is 1.13 bits per heavy atom. The predicted octanol–water partition coefficient (Wildman–Crippen LogP) is 4.67. The molecule has 0 bridgehead atoms. The maximum absolute atomic E-state index is 13.0. The third-order valence-electron chi connectivity index (χ3n) is 3.83. The van der Waals surface area contributed by atoms with Gasteiger partial charge in [0.15, 0.2) is 0 Å². The summed E-state index contributed by atoms with van der Waals surface area (Å²) in [4.78, 5) is 16.0. The largest absolute Gasteiger partial charge is 0.459 e. The van der Waals surface area contributed by atoms with Gasteiger partial charge < -0.3 is 4.74 Å². The highest BCUT2D eigenvalue weighted by Crippen LogP contribution is 2.28. The number of benzene rings is 2. The molecule has 0 radical (unpaired) electrons. The number of rotatable bonds is 8. The maximum atomic E-state index is 13.0. The summed E-state index contributed by atoms with van der Waals surface area (Å²) in [6.07, 6.45) is -0.184. The molecular formula is C19H15Cl2FN2O4S2. The van der Waals surface area contributed by atoms with Crippen molar-refractivity contribution in [1.29, 1.82) is 0 Å². The number of sulfonamides is 1. The minimum Gasteiger partial charge on any atom is -0.459 e. The van der Waals surface area contributed by atoms with Gasteiger partial charge in [0.2, 0.25) is 10.0 Å². The highest BCUT2D eigenvalue weighted by molar-refractivity contribution is 7.89. The second-order valence-corrected chi connectivity index (χ2v) is 9.39. The number of hydrogen-bond donors (Lipinski definition) is 1. The molecule has 0 aliphatic carbocycles. The van der Waals surface area contributed by atoms with Crippen LogP contribution in [0.15, 0.2) is 52.7 Å². The van der Waals surface area contributed by atoms with Crippen LogP contribution in [-0.2, 0) is 26.2 Å². The van der Waals surface area contributed by atoms with Crippen molar-refractivity contribution in [2.75, 3.05) is 6.54 Å². The fourth-order valence-electron chi connectivity index (χ4n) is 2.42. The van der Waals surface area contributed by atoms with E-state index in [1.807, 2.05) is 0 Å². The molecular weight excluding hydrogens is 474 g/mol. The highest BCUT2D eigenvalue weighted by atomic mass is 35.5. The van der Waals surface area contributed by atoms with Gasteiger partial charge in [0, 0.05) is 17.5 Å². The fourth-order valence-corrected chi connectivity index (χ4v) is 5.41. The van der Waals surface area contributed by atoms with Gasteiger partial charge in [-0.1, -0.05) is 29.3 Å². The number of ether oxygens (including phenoxy) is 1. The van der Waals surface area contributed by atoms with Crippen LogP contribution in [0, 0.1) is 5.82 Å². The summed E-state index contributed by atoms with van der Waals surface area (Å²) >= 11 is 13.2. The van der Waals surface area contributed by atoms with E-state index in [2.05, 4.69) is 9.71 Å². The van der Waals surface area contributed by atoms with E-state index < -0.39 is 16.0 Å².